The second-order valence-corrected chi connectivity index (χ2v) is 9.31. The number of nitrogens with one attached hydrogen (secondary N) is 1. The number of hydrogen-bond acceptors (Lipinski definition) is 4. The van der Waals surface area contributed by atoms with Crippen LogP contribution in [-0.2, 0) is 14.8 Å². The third kappa shape index (κ3) is 4.15. The van der Waals surface area contributed by atoms with E-state index in [2.05, 4.69) is 5.32 Å². The molecule has 2 aliphatic rings. The summed E-state index contributed by atoms with van der Waals surface area (Å²) in [5, 5.41) is 3.38. The summed E-state index contributed by atoms with van der Waals surface area (Å²) in [6.45, 7) is 0.684. The number of amides is 1. The van der Waals surface area contributed by atoms with Gasteiger partial charge in [-0.05, 0) is 43.9 Å². The average molecular weight is 401 g/mol. The van der Waals surface area contributed by atoms with Crippen LogP contribution in [0.2, 0.25) is 5.02 Å². The molecular formula is C18H25ClN2O4S. The molecule has 1 aromatic carbocycles. The second kappa shape index (κ2) is 8.15. The standard InChI is InChI=1S/C18H25ClN2O4S/c1-25-17-7-6-15(12-16(17)19)26(23,24)21-10-8-13(9-11-21)18(22)20-14-4-2-3-5-14/h6-7,12-14H,2-5,8-11H2,1H3,(H,20,22). The highest BCUT2D eigenvalue weighted by atomic mass is 35.5. The van der Waals surface area contributed by atoms with Crippen molar-refractivity contribution in [2.24, 2.45) is 5.92 Å². The lowest BCUT2D eigenvalue weighted by molar-refractivity contribution is -0.126. The van der Waals surface area contributed by atoms with Crippen molar-refractivity contribution in [3.63, 3.8) is 0 Å². The summed E-state index contributed by atoms with van der Waals surface area (Å²) in [6.07, 6.45) is 5.54. The first-order valence-corrected chi connectivity index (χ1v) is 10.9. The number of hydrogen-bond donors (Lipinski definition) is 1. The average Bonchev–Trinajstić information content (AvgIpc) is 3.14. The van der Waals surface area contributed by atoms with Crippen molar-refractivity contribution in [1.29, 1.82) is 0 Å². The zero-order chi connectivity index (χ0) is 18.7. The highest BCUT2D eigenvalue weighted by Crippen LogP contribution is 2.30. The molecule has 0 atom stereocenters. The normalized spacial score (nSPS) is 20.2. The fraction of sp³-hybridized carbons (Fsp3) is 0.611. The molecule has 26 heavy (non-hydrogen) atoms. The molecular weight excluding hydrogens is 376 g/mol. The predicted octanol–water partition coefficient (Wildman–Crippen LogP) is 2.81. The molecule has 0 aromatic heterocycles. The molecule has 3 rings (SSSR count). The molecule has 1 saturated carbocycles. The van der Waals surface area contributed by atoms with E-state index in [0.29, 0.717) is 37.7 Å². The SMILES string of the molecule is COc1ccc(S(=O)(=O)N2CCC(C(=O)NC3CCCC3)CC2)cc1Cl. The van der Waals surface area contributed by atoms with Crippen molar-refractivity contribution in [3.8, 4) is 5.75 Å². The molecule has 0 bridgehead atoms. The third-order valence-electron chi connectivity index (χ3n) is 5.29. The van der Waals surface area contributed by atoms with Gasteiger partial charge in [0.1, 0.15) is 5.75 Å². The van der Waals surface area contributed by atoms with Crippen molar-refractivity contribution in [3.05, 3.63) is 23.2 Å². The van der Waals surface area contributed by atoms with E-state index in [1.165, 1.54) is 36.4 Å². The minimum absolute atomic E-state index is 0.0708. The van der Waals surface area contributed by atoms with Gasteiger partial charge in [-0.3, -0.25) is 4.79 Å². The van der Waals surface area contributed by atoms with E-state index in [1.807, 2.05) is 0 Å². The molecule has 1 heterocycles. The summed E-state index contributed by atoms with van der Waals surface area (Å²) in [5.41, 5.74) is 0. The van der Waals surface area contributed by atoms with Gasteiger partial charge < -0.3 is 10.1 Å². The number of rotatable bonds is 5. The zero-order valence-electron chi connectivity index (χ0n) is 14.9. The van der Waals surface area contributed by atoms with Gasteiger partial charge in [-0.15, -0.1) is 0 Å². The maximum absolute atomic E-state index is 12.8. The third-order valence-corrected chi connectivity index (χ3v) is 7.48. The van der Waals surface area contributed by atoms with Crippen LogP contribution in [0.1, 0.15) is 38.5 Å². The Morgan fingerprint density at radius 2 is 1.85 bits per heavy atom. The Morgan fingerprint density at radius 3 is 2.42 bits per heavy atom. The van der Waals surface area contributed by atoms with Gasteiger partial charge in [0.25, 0.3) is 0 Å². The molecule has 1 N–H and O–H groups in total. The quantitative estimate of drug-likeness (QED) is 0.824. The lowest BCUT2D eigenvalue weighted by atomic mass is 9.97. The lowest BCUT2D eigenvalue weighted by Gasteiger charge is -2.31. The van der Waals surface area contributed by atoms with Crippen LogP contribution in [0.5, 0.6) is 5.75 Å². The molecule has 1 aliphatic heterocycles. The molecule has 1 saturated heterocycles. The van der Waals surface area contributed by atoms with E-state index in [0.717, 1.165) is 12.8 Å². The summed E-state index contributed by atoms with van der Waals surface area (Å²) in [7, 11) is -2.14. The number of nitrogens with zero attached hydrogens (tertiary/aromatic N) is 1. The van der Waals surface area contributed by atoms with Crippen LogP contribution in [0.3, 0.4) is 0 Å². The van der Waals surface area contributed by atoms with Crippen molar-refractivity contribution in [1.82, 2.24) is 9.62 Å². The number of benzene rings is 1. The molecule has 2 fully saturated rings. The van der Waals surface area contributed by atoms with Gasteiger partial charge in [0.15, 0.2) is 0 Å². The van der Waals surface area contributed by atoms with E-state index in [-0.39, 0.29) is 21.7 Å². The first-order chi connectivity index (χ1) is 12.4. The molecule has 144 valence electrons. The van der Waals surface area contributed by atoms with Crippen molar-refractivity contribution >= 4 is 27.5 Å². The number of piperidine rings is 1. The number of carbonyl (C=O) groups is 1. The number of halogens is 1. The van der Waals surface area contributed by atoms with Gasteiger partial charge >= 0.3 is 0 Å². The monoisotopic (exact) mass is 400 g/mol. The van der Waals surface area contributed by atoms with Crippen LogP contribution in [0.4, 0.5) is 0 Å². The number of carbonyl (C=O) groups excluding carboxylic acids is 1. The highest BCUT2D eigenvalue weighted by Gasteiger charge is 2.33. The molecule has 0 radical (unpaired) electrons. The van der Waals surface area contributed by atoms with E-state index >= 15 is 0 Å². The Morgan fingerprint density at radius 1 is 1.19 bits per heavy atom. The minimum Gasteiger partial charge on any atom is -0.495 e. The van der Waals surface area contributed by atoms with Crippen molar-refractivity contribution in [2.75, 3.05) is 20.2 Å². The van der Waals surface area contributed by atoms with Crippen LogP contribution < -0.4 is 10.1 Å². The number of sulfonamides is 1. The topological polar surface area (TPSA) is 75.7 Å². The van der Waals surface area contributed by atoms with Gasteiger partial charge in [0.05, 0.1) is 17.0 Å². The molecule has 0 spiro atoms. The fourth-order valence-corrected chi connectivity index (χ4v) is 5.52. The van der Waals surface area contributed by atoms with E-state index in [1.54, 1.807) is 6.07 Å². The zero-order valence-corrected chi connectivity index (χ0v) is 16.5. The van der Waals surface area contributed by atoms with Crippen LogP contribution in [0.25, 0.3) is 0 Å². The van der Waals surface area contributed by atoms with E-state index in [4.69, 9.17) is 16.3 Å². The van der Waals surface area contributed by atoms with Crippen LogP contribution in [0, 0.1) is 5.92 Å². The van der Waals surface area contributed by atoms with Crippen LogP contribution in [0.15, 0.2) is 23.1 Å². The maximum atomic E-state index is 12.8. The molecule has 6 nitrogen and oxygen atoms in total. The summed E-state index contributed by atoms with van der Waals surface area (Å²) < 4.78 is 32.1. The molecule has 1 amide bonds. The number of methoxy groups -OCH3 is 1. The Hall–Kier alpha value is -1.31. The first kappa shape index (κ1) is 19.5. The van der Waals surface area contributed by atoms with Gasteiger partial charge in [-0.1, -0.05) is 24.4 Å². The van der Waals surface area contributed by atoms with Gasteiger partial charge in [-0.25, -0.2) is 8.42 Å². The van der Waals surface area contributed by atoms with Crippen molar-refractivity contribution in [2.45, 2.75) is 49.5 Å². The second-order valence-electron chi connectivity index (χ2n) is 6.96. The summed E-state index contributed by atoms with van der Waals surface area (Å²) in [5.74, 6) is 0.399. The molecule has 8 heteroatoms. The van der Waals surface area contributed by atoms with E-state index < -0.39 is 10.0 Å². The first-order valence-electron chi connectivity index (χ1n) is 9.06. The lowest BCUT2D eigenvalue weighted by Crippen LogP contribution is -2.44. The van der Waals surface area contributed by atoms with Gasteiger partial charge in [-0.2, -0.15) is 4.31 Å². The fourth-order valence-electron chi connectivity index (χ4n) is 3.70. The highest BCUT2D eigenvalue weighted by molar-refractivity contribution is 7.89. The van der Waals surface area contributed by atoms with Gasteiger partial charge in [0, 0.05) is 25.0 Å². The largest absolute Gasteiger partial charge is 0.495 e. The summed E-state index contributed by atoms with van der Waals surface area (Å²) >= 11 is 6.06. The molecule has 1 aliphatic carbocycles. The predicted molar refractivity (Wildman–Crippen MR) is 99.9 cm³/mol. The Bertz CT molecular complexity index is 754. The van der Waals surface area contributed by atoms with Crippen LogP contribution >= 0.6 is 11.6 Å². The maximum Gasteiger partial charge on any atom is 0.243 e. The van der Waals surface area contributed by atoms with Crippen LogP contribution in [-0.4, -0.2) is 44.9 Å². The number of ether oxygens (including phenoxy) is 1. The Balaban J connectivity index is 1.61. The summed E-state index contributed by atoms with van der Waals surface area (Å²) in [6, 6.07) is 4.76. The van der Waals surface area contributed by atoms with Crippen molar-refractivity contribution < 1.29 is 17.9 Å². The smallest absolute Gasteiger partial charge is 0.243 e. The molecule has 1 aromatic rings. The minimum atomic E-state index is -3.62. The molecule has 0 unspecified atom stereocenters. The van der Waals surface area contributed by atoms with Gasteiger partial charge in [0.2, 0.25) is 15.9 Å². The van der Waals surface area contributed by atoms with E-state index in [9.17, 15) is 13.2 Å². The Kier molecular flexibility index (Phi) is 6.10. The Labute approximate surface area is 159 Å². The summed E-state index contributed by atoms with van der Waals surface area (Å²) in [4.78, 5) is 12.5.